The molecule has 0 aliphatic rings. The molecular weight excluding hydrogens is 204 g/mol. The number of pyridine rings is 1. The van der Waals surface area contributed by atoms with Crippen molar-refractivity contribution in [2.75, 3.05) is 7.05 Å². The maximum Gasteiger partial charge on any atom is 0.254 e. The van der Waals surface area contributed by atoms with Gasteiger partial charge in [-0.1, -0.05) is 0 Å². The van der Waals surface area contributed by atoms with Crippen molar-refractivity contribution >= 4 is 5.91 Å². The third kappa shape index (κ3) is 2.79. The topological polar surface area (TPSA) is 53.4 Å². The van der Waals surface area contributed by atoms with Gasteiger partial charge in [-0.3, -0.25) is 9.78 Å². The second-order valence-electron chi connectivity index (χ2n) is 4.73. The molecule has 4 nitrogen and oxygen atoms in total. The minimum Gasteiger partial charge on any atom is -0.390 e. The molecule has 0 aliphatic carbocycles. The first-order chi connectivity index (χ1) is 7.36. The Kier molecular flexibility index (Phi) is 3.65. The summed E-state index contributed by atoms with van der Waals surface area (Å²) in [5, 5.41) is 8.95. The number of amides is 1. The highest BCUT2D eigenvalue weighted by atomic mass is 16.3. The van der Waals surface area contributed by atoms with E-state index in [2.05, 4.69) is 4.98 Å². The second-order valence-corrected chi connectivity index (χ2v) is 4.73. The maximum absolute atomic E-state index is 12.1. The Bertz CT molecular complexity index is 383. The van der Waals surface area contributed by atoms with Crippen LogP contribution >= 0.6 is 0 Å². The van der Waals surface area contributed by atoms with Gasteiger partial charge in [0.05, 0.1) is 12.3 Å². The molecule has 1 N–H and O–H groups in total. The van der Waals surface area contributed by atoms with Gasteiger partial charge in [-0.25, -0.2) is 0 Å². The molecule has 0 aromatic carbocycles. The Labute approximate surface area is 95.9 Å². The lowest BCUT2D eigenvalue weighted by Crippen LogP contribution is -2.42. The molecule has 0 radical (unpaired) electrons. The first kappa shape index (κ1) is 12.6. The zero-order valence-electron chi connectivity index (χ0n) is 10.2. The number of rotatable bonds is 2. The molecule has 0 unspecified atom stereocenters. The molecule has 1 rings (SSSR count). The van der Waals surface area contributed by atoms with Gasteiger partial charge in [0, 0.05) is 24.3 Å². The van der Waals surface area contributed by atoms with Crippen LogP contribution in [0, 0.1) is 0 Å². The number of nitrogens with zero attached hydrogens (tertiary/aromatic N) is 2. The number of carbonyl (C=O) groups is 1. The summed E-state index contributed by atoms with van der Waals surface area (Å²) < 4.78 is 0. The van der Waals surface area contributed by atoms with Crippen molar-refractivity contribution in [3.05, 3.63) is 29.6 Å². The standard InChI is InChI=1S/C12H18N2O2/c1-12(2,3)14(4)11(16)9-5-6-13-10(7-9)8-15/h5-7,15H,8H2,1-4H3. The molecule has 1 aromatic rings. The van der Waals surface area contributed by atoms with Crippen LogP contribution in [0.15, 0.2) is 18.3 Å². The lowest BCUT2D eigenvalue weighted by molar-refractivity contribution is 0.0655. The summed E-state index contributed by atoms with van der Waals surface area (Å²) in [6.07, 6.45) is 1.54. The van der Waals surface area contributed by atoms with Crippen molar-refractivity contribution in [2.24, 2.45) is 0 Å². The smallest absolute Gasteiger partial charge is 0.254 e. The highest BCUT2D eigenvalue weighted by Crippen LogP contribution is 2.15. The van der Waals surface area contributed by atoms with Crippen LogP contribution in [0.4, 0.5) is 0 Å². The third-order valence-corrected chi connectivity index (χ3v) is 2.54. The SMILES string of the molecule is CN(C(=O)c1ccnc(CO)c1)C(C)(C)C. The monoisotopic (exact) mass is 222 g/mol. The van der Waals surface area contributed by atoms with Crippen molar-refractivity contribution in [1.29, 1.82) is 0 Å². The van der Waals surface area contributed by atoms with E-state index in [4.69, 9.17) is 5.11 Å². The molecule has 16 heavy (non-hydrogen) atoms. The minimum atomic E-state index is -0.222. The first-order valence-electron chi connectivity index (χ1n) is 5.20. The number of hydrogen-bond donors (Lipinski definition) is 1. The van der Waals surface area contributed by atoms with Crippen LogP contribution in [0.1, 0.15) is 36.8 Å². The molecule has 88 valence electrons. The largest absolute Gasteiger partial charge is 0.390 e. The van der Waals surface area contributed by atoms with Gasteiger partial charge in [0.15, 0.2) is 0 Å². The molecule has 0 bridgehead atoms. The summed E-state index contributed by atoms with van der Waals surface area (Å²) in [7, 11) is 1.77. The van der Waals surface area contributed by atoms with Crippen LogP contribution in [0.25, 0.3) is 0 Å². The van der Waals surface area contributed by atoms with E-state index in [9.17, 15) is 4.79 Å². The van der Waals surface area contributed by atoms with Crippen LogP contribution in [0.5, 0.6) is 0 Å². The molecule has 4 heteroatoms. The summed E-state index contributed by atoms with van der Waals surface area (Å²) in [5.41, 5.74) is 0.837. The Morgan fingerprint density at radius 3 is 2.62 bits per heavy atom. The molecule has 1 amide bonds. The second kappa shape index (κ2) is 4.61. The Hall–Kier alpha value is -1.42. The van der Waals surface area contributed by atoms with Gasteiger partial charge in [0.1, 0.15) is 0 Å². The number of carbonyl (C=O) groups excluding carboxylic acids is 1. The van der Waals surface area contributed by atoms with E-state index in [1.54, 1.807) is 24.1 Å². The summed E-state index contributed by atoms with van der Waals surface area (Å²) in [5.74, 6) is -0.0652. The van der Waals surface area contributed by atoms with E-state index in [1.165, 1.54) is 6.20 Å². The number of aliphatic hydroxyl groups excluding tert-OH is 1. The fraction of sp³-hybridized carbons (Fsp3) is 0.500. The first-order valence-corrected chi connectivity index (χ1v) is 5.20. The average Bonchev–Trinajstić information content (AvgIpc) is 2.26. The predicted molar refractivity (Wildman–Crippen MR) is 62.0 cm³/mol. The summed E-state index contributed by atoms with van der Waals surface area (Å²) in [6, 6.07) is 3.27. The van der Waals surface area contributed by atoms with Crippen molar-refractivity contribution in [1.82, 2.24) is 9.88 Å². The van der Waals surface area contributed by atoms with Crippen LogP contribution in [0.3, 0.4) is 0 Å². The van der Waals surface area contributed by atoms with Gasteiger partial charge in [-0.05, 0) is 32.9 Å². The van der Waals surface area contributed by atoms with E-state index in [0.717, 1.165) is 0 Å². The van der Waals surface area contributed by atoms with Gasteiger partial charge >= 0.3 is 0 Å². The normalized spacial score (nSPS) is 11.3. The van der Waals surface area contributed by atoms with Gasteiger partial charge in [-0.2, -0.15) is 0 Å². The Morgan fingerprint density at radius 1 is 1.50 bits per heavy atom. The molecule has 1 heterocycles. The van der Waals surface area contributed by atoms with Gasteiger partial charge < -0.3 is 10.0 Å². The fourth-order valence-electron chi connectivity index (χ4n) is 1.20. The number of hydrogen-bond acceptors (Lipinski definition) is 3. The Morgan fingerprint density at radius 2 is 2.12 bits per heavy atom. The number of aromatic nitrogens is 1. The maximum atomic E-state index is 12.1. The van der Waals surface area contributed by atoms with Gasteiger partial charge in [-0.15, -0.1) is 0 Å². The lowest BCUT2D eigenvalue weighted by Gasteiger charge is -2.32. The van der Waals surface area contributed by atoms with Gasteiger partial charge in [0.2, 0.25) is 0 Å². The van der Waals surface area contributed by atoms with Crippen LogP contribution in [0.2, 0.25) is 0 Å². The van der Waals surface area contributed by atoms with Crippen LogP contribution in [-0.4, -0.2) is 33.5 Å². The highest BCUT2D eigenvalue weighted by Gasteiger charge is 2.23. The van der Waals surface area contributed by atoms with E-state index in [0.29, 0.717) is 11.3 Å². The molecule has 0 aliphatic heterocycles. The molecular formula is C12H18N2O2. The summed E-state index contributed by atoms with van der Waals surface area (Å²) in [6.45, 7) is 5.76. The summed E-state index contributed by atoms with van der Waals surface area (Å²) >= 11 is 0. The molecule has 0 saturated carbocycles. The molecule has 0 spiro atoms. The molecule has 0 atom stereocenters. The van der Waals surface area contributed by atoms with Crippen molar-refractivity contribution in [2.45, 2.75) is 32.9 Å². The quantitative estimate of drug-likeness (QED) is 0.824. The van der Waals surface area contributed by atoms with E-state index < -0.39 is 0 Å². The summed E-state index contributed by atoms with van der Waals surface area (Å²) in [4.78, 5) is 17.7. The van der Waals surface area contributed by atoms with E-state index in [-0.39, 0.29) is 18.1 Å². The Balaban J connectivity index is 2.96. The molecule has 0 fully saturated rings. The van der Waals surface area contributed by atoms with Crippen molar-refractivity contribution in [3.63, 3.8) is 0 Å². The van der Waals surface area contributed by atoms with Crippen molar-refractivity contribution in [3.8, 4) is 0 Å². The van der Waals surface area contributed by atoms with E-state index in [1.807, 2.05) is 20.8 Å². The third-order valence-electron chi connectivity index (χ3n) is 2.54. The van der Waals surface area contributed by atoms with Gasteiger partial charge in [0.25, 0.3) is 5.91 Å². The lowest BCUT2D eigenvalue weighted by atomic mass is 10.1. The minimum absolute atomic E-state index is 0.0652. The van der Waals surface area contributed by atoms with E-state index >= 15 is 0 Å². The molecule has 0 saturated heterocycles. The highest BCUT2D eigenvalue weighted by molar-refractivity contribution is 5.94. The molecule has 1 aromatic heterocycles. The van der Waals surface area contributed by atoms with Crippen LogP contribution < -0.4 is 0 Å². The zero-order chi connectivity index (χ0) is 12.3. The van der Waals surface area contributed by atoms with Crippen LogP contribution in [-0.2, 0) is 6.61 Å². The zero-order valence-corrected chi connectivity index (χ0v) is 10.2. The predicted octanol–water partition coefficient (Wildman–Crippen LogP) is 1.44. The fourth-order valence-corrected chi connectivity index (χ4v) is 1.20. The van der Waals surface area contributed by atoms with Crippen molar-refractivity contribution < 1.29 is 9.90 Å². The average molecular weight is 222 g/mol. The number of aliphatic hydroxyl groups is 1.